The zero-order valence-electron chi connectivity index (χ0n) is 11.9. The van der Waals surface area contributed by atoms with Gasteiger partial charge in [0.25, 0.3) is 0 Å². The summed E-state index contributed by atoms with van der Waals surface area (Å²) in [7, 11) is 2.23. The molecule has 1 aromatic rings. The smallest absolute Gasteiger partial charge is 0.0401 e. The maximum atomic E-state index is 2.44. The summed E-state index contributed by atoms with van der Waals surface area (Å²) >= 11 is 0. The van der Waals surface area contributed by atoms with E-state index in [1.807, 2.05) is 0 Å². The molecule has 0 aliphatic carbocycles. The van der Waals surface area contributed by atoms with Gasteiger partial charge in [0.05, 0.1) is 0 Å². The molecule has 0 aromatic heterocycles. The van der Waals surface area contributed by atoms with Crippen molar-refractivity contribution in [3.63, 3.8) is 0 Å². The SMILES string of the molecule is CC(C)c1cc(C(C)C)c2c(c1)N(C)CCC2. The largest absolute Gasteiger partial charge is 0.374 e. The second-order valence-electron chi connectivity index (χ2n) is 5.94. The lowest BCUT2D eigenvalue weighted by Crippen LogP contribution is -2.26. The highest BCUT2D eigenvalue weighted by atomic mass is 15.1. The Hall–Kier alpha value is -0.980. The minimum atomic E-state index is 0.619. The molecule has 0 unspecified atom stereocenters. The number of rotatable bonds is 2. The molecule has 1 heteroatoms. The van der Waals surface area contributed by atoms with E-state index in [-0.39, 0.29) is 0 Å². The van der Waals surface area contributed by atoms with E-state index in [0.717, 1.165) is 0 Å². The Morgan fingerprint density at radius 2 is 1.76 bits per heavy atom. The van der Waals surface area contributed by atoms with Crippen molar-refractivity contribution in [3.05, 3.63) is 28.8 Å². The third-order valence-corrected chi connectivity index (χ3v) is 3.90. The fourth-order valence-corrected chi connectivity index (χ4v) is 2.78. The van der Waals surface area contributed by atoms with Crippen molar-refractivity contribution < 1.29 is 0 Å². The minimum Gasteiger partial charge on any atom is -0.374 e. The summed E-state index contributed by atoms with van der Waals surface area (Å²) in [5.41, 5.74) is 6.13. The molecule has 1 aromatic carbocycles. The molecular formula is C16H25N. The van der Waals surface area contributed by atoms with Gasteiger partial charge in [-0.3, -0.25) is 0 Å². The van der Waals surface area contributed by atoms with Crippen molar-refractivity contribution >= 4 is 5.69 Å². The van der Waals surface area contributed by atoms with Crippen LogP contribution in [-0.2, 0) is 6.42 Å². The van der Waals surface area contributed by atoms with Gasteiger partial charge in [0.15, 0.2) is 0 Å². The predicted molar refractivity (Wildman–Crippen MR) is 76.2 cm³/mol. The average Bonchev–Trinajstić information content (AvgIpc) is 2.28. The fourth-order valence-electron chi connectivity index (χ4n) is 2.78. The number of fused-ring (bicyclic) bond motifs is 1. The molecule has 2 rings (SSSR count). The van der Waals surface area contributed by atoms with E-state index in [2.05, 4.69) is 51.8 Å². The Morgan fingerprint density at radius 1 is 1.06 bits per heavy atom. The van der Waals surface area contributed by atoms with Crippen LogP contribution in [-0.4, -0.2) is 13.6 Å². The lowest BCUT2D eigenvalue weighted by Gasteiger charge is -2.31. The van der Waals surface area contributed by atoms with Gasteiger partial charge in [-0.1, -0.05) is 33.8 Å². The third-order valence-electron chi connectivity index (χ3n) is 3.90. The summed E-state index contributed by atoms with van der Waals surface area (Å²) < 4.78 is 0. The Labute approximate surface area is 106 Å². The number of anilines is 1. The summed E-state index contributed by atoms with van der Waals surface area (Å²) in [5.74, 6) is 1.25. The number of benzene rings is 1. The standard InChI is InChI=1S/C16H25N/c1-11(2)13-9-15(12(3)4)14-7-6-8-17(5)16(14)10-13/h9-12H,6-8H2,1-5H3. The average molecular weight is 231 g/mol. The van der Waals surface area contributed by atoms with Gasteiger partial charge in [0.2, 0.25) is 0 Å². The van der Waals surface area contributed by atoms with E-state index < -0.39 is 0 Å². The molecule has 0 saturated heterocycles. The molecular weight excluding hydrogens is 206 g/mol. The van der Waals surface area contributed by atoms with Crippen molar-refractivity contribution in [1.82, 2.24) is 0 Å². The normalized spacial score (nSPS) is 15.6. The monoisotopic (exact) mass is 231 g/mol. The molecule has 1 heterocycles. The maximum absolute atomic E-state index is 2.44. The molecule has 1 aliphatic rings. The Morgan fingerprint density at radius 3 is 2.35 bits per heavy atom. The van der Waals surface area contributed by atoms with Crippen LogP contribution in [0.5, 0.6) is 0 Å². The molecule has 0 amide bonds. The van der Waals surface area contributed by atoms with Crippen LogP contribution in [0, 0.1) is 0 Å². The second kappa shape index (κ2) is 4.72. The van der Waals surface area contributed by atoms with E-state index in [1.165, 1.54) is 30.6 Å². The van der Waals surface area contributed by atoms with Gasteiger partial charge in [0, 0.05) is 19.3 Å². The van der Waals surface area contributed by atoms with Gasteiger partial charge >= 0.3 is 0 Å². The van der Waals surface area contributed by atoms with Crippen LogP contribution in [0.25, 0.3) is 0 Å². The van der Waals surface area contributed by atoms with Crippen molar-refractivity contribution in [2.45, 2.75) is 52.4 Å². The third kappa shape index (κ3) is 2.34. The van der Waals surface area contributed by atoms with Crippen LogP contribution in [0.1, 0.15) is 62.6 Å². The van der Waals surface area contributed by atoms with Crippen LogP contribution in [0.2, 0.25) is 0 Å². The highest BCUT2D eigenvalue weighted by Gasteiger charge is 2.20. The van der Waals surface area contributed by atoms with Crippen LogP contribution >= 0.6 is 0 Å². The van der Waals surface area contributed by atoms with Gasteiger partial charge in [0.1, 0.15) is 0 Å². The van der Waals surface area contributed by atoms with Gasteiger partial charge < -0.3 is 4.90 Å². The Bertz CT molecular complexity index is 387. The molecule has 0 fully saturated rings. The van der Waals surface area contributed by atoms with Crippen LogP contribution < -0.4 is 4.90 Å². The Kier molecular flexibility index (Phi) is 3.46. The molecule has 0 spiro atoms. The summed E-state index contributed by atoms with van der Waals surface area (Å²) in [6.45, 7) is 10.4. The molecule has 0 saturated carbocycles. The van der Waals surface area contributed by atoms with Crippen molar-refractivity contribution in [2.24, 2.45) is 0 Å². The highest BCUT2D eigenvalue weighted by Crippen LogP contribution is 2.35. The second-order valence-corrected chi connectivity index (χ2v) is 5.94. The number of nitrogens with zero attached hydrogens (tertiary/aromatic N) is 1. The maximum Gasteiger partial charge on any atom is 0.0401 e. The quantitative estimate of drug-likeness (QED) is 0.733. The van der Waals surface area contributed by atoms with E-state index >= 15 is 0 Å². The number of hydrogen-bond acceptors (Lipinski definition) is 1. The molecule has 94 valence electrons. The van der Waals surface area contributed by atoms with Gasteiger partial charge in [-0.05, 0) is 47.4 Å². The van der Waals surface area contributed by atoms with Crippen molar-refractivity contribution in [1.29, 1.82) is 0 Å². The van der Waals surface area contributed by atoms with Crippen molar-refractivity contribution in [2.75, 3.05) is 18.5 Å². The first-order valence-electron chi connectivity index (χ1n) is 6.88. The lowest BCUT2D eigenvalue weighted by atomic mass is 9.86. The molecule has 0 radical (unpaired) electrons. The van der Waals surface area contributed by atoms with Crippen LogP contribution in [0.15, 0.2) is 12.1 Å². The van der Waals surface area contributed by atoms with Crippen molar-refractivity contribution in [3.8, 4) is 0 Å². The zero-order valence-corrected chi connectivity index (χ0v) is 11.9. The molecule has 1 aliphatic heterocycles. The Balaban J connectivity index is 2.58. The molecule has 0 bridgehead atoms. The van der Waals surface area contributed by atoms with Crippen LogP contribution in [0.3, 0.4) is 0 Å². The van der Waals surface area contributed by atoms with Gasteiger partial charge in [-0.25, -0.2) is 0 Å². The number of hydrogen-bond donors (Lipinski definition) is 0. The van der Waals surface area contributed by atoms with E-state index in [1.54, 1.807) is 11.1 Å². The molecule has 0 atom stereocenters. The first kappa shape index (κ1) is 12.5. The highest BCUT2D eigenvalue weighted by molar-refractivity contribution is 5.61. The van der Waals surface area contributed by atoms with Gasteiger partial charge in [-0.2, -0.15) is 0 Å². The van der Waals surface area contributed by atoms with E-state index in [9.17, 15) is 0 Å². The molecule has 17 heavy (non-hydrogen) atoms. The predicted octanol–water partition coefficient (Wildman–Crippen LogP) is 4.32. The van der Waals surface area contributed by atoms with Gasteiger partial charge in [-0.15, -0.1) is 0 Å². The first-order chi connectivity index (χ1) is 8.00. The first-order valence-corrected chi connectivity index (χ1v) is 6.88. The van der Waals surface area contributed by atoms with E-state index in [0.29, 0.717) is 11.8 Å². The summed E-state index contributed by atoms with van der Waals surface area (Å²) in [5, 5.41) is 0. The summed E-state index contributed by atoms with van der Waals surface area (Å²) in [6, 6.07) is 4.85. The summed E-state index contributed by atoms with van der Waals surface area (Å²) in [4.78, 5) is 2.43. The lowest BCUT2D eigenvalue weighted by molar-refractivity contribution is 0.717. The molecule has 1 nitrogen and oxygen atoms in total. The zero-order chi connectivity index (χ0) is 12.6. The topological polar surface area (TPSA) is 3.24 Å². The van der Waals surface area contributed by atoms with Crippen LogP contribution in [0.4, 0.5) is 5.69 Å². The molecule has 0 N–H and O–H groups in total. The fraction of sp³-hybridized carbons (Fsp3) is 0.625. The summed E-state index contributed by atoms with van der Waals surface area (Å²) in [6.07, 6.45) is 2.55. The van der Waals surface area contributed by atoms with E-state index in [4.69, 9.17) is 0 Å². The minimum absolute atomic E-state index is 0.619.